The monoisotopic (exact) mass is 171 g/mol. The molecule has 0 aliphatic heterocycles. The second kappa shape index (κ2) is 6.85. The van der Waals surface area contributed by atoms with Crippen molar-refractivity contribution in [2.75, 3.05) is 6.54 Å². The van der Waals surface area contributed by atoms with Crippen LogP contribution in [0.3, 0.4) is 0 Å². The number of carbonyl (C=O) groups is 1. The van der Waals surface area contributed by atoms with E-state index in [4.69, 9.17) is 10.8 Å². The summed E-state index contributed by atoms with van der Waals surface area (Å²) in [6, 6.07) is 0. The molecule has 0 aliphatic rings. The Labute approximate surface area is 73.3 Å². The molecule has 1 unspecified atom stereocenters. The van der Waals surface area contributed by atoms with Crippen LogP contribution in [0.2, 0.25) is 0 Å². The van der Waals surface area contributed by atoms with Gasteiger partial charge in [0.1, 0.15) is 0 Å². The Kier molecular flexibility index (Phi) is 6.38. The first-order valence-electron chi connectivity index (χ1n) is 4.26. The number of carboxylic acid groups (broad SMARTS) is 1. The molecule has 3 nitrogen and oxygen atoms in total. The van der Waals surface area contributed by atoms with Gasteiger partial charge in [-0.1, -0.05) is 12.5 Å². The van der Waals surface area contributed by atoms with E-state index in [1.807, 2.05) is 0 Å². The molecule has 0 heterocycles. The van der Waals surface area contributed by atoms with Crippen LogP contribution in [0.5, 0.6) is 0 Å². The van der Waals surface area contributed by atoms with Crippen molar-refractivity contribution in [1.29, 1.82) is 0 Å². The molecule has 12 heavy (non-hydrogen) atoms. The van der Waals surface area contributed by atoms with Gasteiger partial charge in [-0.3, -0.25) is 4.79 Å². The summed E-state index contributed by atoms with van der Waals surface area (Å²) in [6.07, 6.45) is 4.71. The molecule has 0 aromatic rings. The Morgan fingerprint density at radius 2 is 2.25 bits per heavy atom. The summed E-state index contributed by atoms with van der Waals surface area (Å²) in [6.45, 7) is 4.16. The summed E-state index contributed by atoms with van der Waals surface area (Å²) in [5, 5.41) is 8.72. The predicted octanol–water partition coefficient (Wildman–Crippen LogP) is 1.39. The summed E-state index contributed by atoms with van der Waals surface area (Å²) in [4.78, 5) is 10.6. The smallest absolute Gasteiger partial charge is 0.306 e. The molecule has 0 amide bonds. The fourth-order valence-electron chi connectivity index (χ4n) is 1.08. The van der Waals surface area contributed by atoms with Gasteiger partial charge in [-0.2, -0.15) is 0 Å². The number of unbranched alkanes of at least 4 members (excludes halogenated alkanes) is 1. The molecule has 0 bridgehead atoms. The van der Waals surface area contributed by atoms with Gasteiger partial charge in [0.05, 0.1) is 5.92 Å². The zero-order valence-electron chi connectivity index (χ0n) is 7.33. The lowest BCUT2D eigenvalue weighted by atomic mass is 9.99. The van der Waals surface area contributed by atoms with Gasteiger partial charge < -0.3 is 10.8 Å². The molecule has 0 aromatic carbocycles. The van der Waals surface area contributed by atoms with Gasteiger partial charge in [0.2, 0.25) is 0 Å². The Morgan fingerprint density at radius 3 is 2.67 bits per heavy atom. The molecule has 0 radical (unpaired) electrons. The highest BCUT2D eigenvalue weighted by Gasteiger charge is 2.14. The van der Waals surface area contributed by atoms with E-state index in [9.17, 15) is 4.79 Å². The molecular weight excluding hydrogens is 154 g/mol. The van der Waals surface area contributed by atoms with Crippen LogP contribution in [0.25, 0.3) is 0 Å². The maximum absolute atomic E-state index is 10.6. The van der Waals surface area contributed by atoms with Crippen molar-refractivity contribution >= 4 is 5.97 Å². The van der Waals surface area contributed by atoms with Gasteiger partial charge in [0.15, 0.2) is 0 Å². The van der Waals surface area contributed by atoms with E-state index in [1.54, 1.807) is 6.08 Å². The second-order valence-corrected chi connectivity index (χ2v) is 2.84. The number of allylic oxidation sites excluding steroid dienone is 1. The third-order valence-corrected chi connectivity index (χ3v) is 1.81. The summed E-state index contributed by atoms with van der Waals surface area (Å²) in [5.41, 5.74) is 5.30. The van der Waals surface area contributed by atoms with Crippen LogP contribution in [-0.2, 0) is 4.79 Å². The van der Waals surface area contributed by atoms with Crippen LogP contribution in [0.1, 0.15) is 25.7 Å². The number of carboxylic acids is 1. The standard InChI is InChI=1S/C9H17NO2/c1-2-5-8(9(11)12)6-3-4-7-10/h2,8H,1,3-7,10H2,(H,11,12). The molecule has 0 fully saturated rings. The van der Waals surface area contributed by atoms with Crippen molar-refractivity contribution in [2.24, 2.45) is 11.7 Å². The van der Waals surface area contributed by atoms with E-state index in [-0.39, 0.29) is 5.92 Å². The fourth-order valence-corrected chi connectivity index (χ4v) is 1.08. The van der Waals surface area contributed by atoms with Crippen LogP contribution in [0.4, 0.5) is 0 Å². The molecule has 0 spiro atoms. The summed E-state index contributed by atoms with van der Waals surface area (Å²) >= 11 is 0. The van der Waals surface area contributed by atoms with E-state index in [2.05, 4.69) is 6.58 Å². The minimum atomic E-state index is -0.730. The van der Waals surface area contributed by atoms with E-state index in [0.29, 0.717) is 19.4 Å². The van der Waals surface area contributed by atoms with Gasteiger partial charge in [-0.25, -0.2) is 0 Å². The molecular formula is C9H17NO2. The average Bonchev–Trinajstić information content (AvgIpc) is 2.03. The van der Waals surface area contributed by atoms with Crippen LogP contribution in [0, 0.1) is 5.92 Å². The highest BCUT2D eigenvalue weighted by atomic mass is 16.4. The quantitative estimate of drug-likeness (QED) is 0.449. The van der Waals surface area contributed by atoms with Crippen molar-refractivity contribution in [3.05, 3.63) is 12.7 Å². The van der Waals surface area contributed by atoms with Crippen LogP contribution >= 0.6 is 0 Å². The third-order valence-electron chi connectivity index (χ3n) is 1.81. The first kappa shape index (κ1) is 11.2. The van der Waals surface area contributed by atoms with Crippen molar-refractivity contribution in [1.82, 2.24) is 0 Å². The number of nitrogens with two attached hydrogens (primary N) is 1. The SMILES string of the molecule is C=CCC(CCCCN)C(=O)O. The number of hydrogen-bond donors (Lipinski definition) is 2. The van der Waals surface area contributed by atoms with Gasteiger partial charge in [-0.05, 0) is 25.8 Å². The van der Waals surface area contributed by atoms with Crippen LogP contribution in [0.15, 0.2) is 12.7 Å². The topological polar surface area (TPSA) is 63.3 Å². The normalized spacial score (nSPS) is 12.4. The molecule has 0 rings (SSSR count). The fraction of sp³-hybridized carbons (Fsp3) is 0.667. The minimum Gasteiger partial charge on any atom is -0.481 e. The highest BCUT2D eigenvalue weighted by Crippen LogP contribution is 2.12. The average molecular weight is 171 g/mol. The maximum Gasteiger partial charge on any atom is 0.306 e. The predicted molar refractivity (Wildman–Crippen MR) is 48.8 cm³/mol. The van der Waals surface area contributed by atoms with E-state index in [1.165, 1.54) is 0 Å². The number of aliphatic carboxylic acids is 1. The van der Waals surface area contributed by atoms with Gasteiger partial charge in [0.25, 0.3) is 0 Å². The molecule has 0 aromatic heterocycles. The van der Waals surface area contributed by atoms with E-state index >= 15 is 0 Å². The zero-order valence-corrected chi connectivity index (χ0v) is 7.33. The number of rotatable bonds is 7. The molecule has 3 heteroatoms. The largest absolute Gasteiger partial charge is 0.481 e. The number of hydrogen-bond acceptors (Lipinski definition) is 2. The lowest BCUT2D eigenvalue weighted by Gasteiger charge is -2.08. The van der Waals surface area contributed by atoms with Crippen molar-refractivity contribution in [2.45, 2.75) is 25.7 Å². The first-order valence-corrected chi connectivity index (χ1v) is 4.26. The van der Waals surface area contributed by atoms with Crippen molar-refractivity contribution < 1.29 is 9.90 Å². The van der Waals surface area contributed by atoms with Gasteiger partial charge in [0, 0.05) is 0 Å². The Hall–Kier alpha value is -0.830. The summed E-state index contributed by atoms with van der Waals surface area (Å²) < 4.78 is 0. The highest BCUT2D eigenvalue weighted by molar-refractivity contribution is 5.70. The zero-order chi connectivity index (χ0) is 9.40. The third kappa shape index (κ3) is 4.91. The van der Waals surface area contributed by atoms with Gasteiger partial charge >= 0.3 is 5.97 Å². The Morgan fingerprint density at radius 1 is 1.58 bits per heavy atom. The van der Waals surface area contributed by atoms with E-state index < -0.39 is 5.97 Å². The summed E-state index contributed by atoms with van der Waals surface area (Å²) in [5.74, 6) is -0.999. The van der Waals surface area contributed by atoms with E-state index in [0.717, 1.165) is 12.8 Å². The molecule has 0 saturated carbocycles. The summed E-state index contributed by atoms with van der Waals surface area (Å²) in [7, 11) is 0. The minimum absolute atomic E-state index is 0.269. The molecule has 0 aliphatic carbocycles. The Balaban J connectivity index is 3.63. The second-order valence-electron chi connectivity index (χ2n) is 2.84. The van der Waals surface area contributed by atoms with Crippen molar-refractivity contribution in [3.8, 4) is 0 Å². The molecule has 0 saturated heterocycles. The van der Waals surface area contributed by atoms with Crippen molar-refractivity contribution in [3.63, 3.8) is 0 Å². The lowest BCUT2D eigenvalue weighted by molar-refractivity contribution is -0.141. The van der Waals surface area contributed by atoms with Crippen LogP contribution in [-0.4, -0.2) is 17.6 Å². The first-order chi connectivity index (χ1) is 5.72. The Bertz CT molecular complexity index is 145. The molecule has 1 atom stereocenters. The lowest BCUT2D eigenvalue weighted by Crippen LogP contribution is -2.13. The van der Waals surface area contributed by atoms with Crippen LogP contribution < -0.4 is 5.73 Å². The maximum atomic E-state index is 10.6. The molecule has 70 valence electrons. The van der Waals surface area contributed by atoms with Gasteiger partial charge in [-0.15, -0.1) is 6.58 Å². The molecule has 3 N–H and O–H groups in total.